The molecule has 27 heavy (non-hydrogen) atoms. The van der Waals surface area contributed by atoms with E-state index in [4.69, 9.17) is 0 Å². The minimum absolute atomic E-state index is 0.0737. The number of amides is 3. The van der Waals surface area contributed by atoms with Gasteiger partial charge in [0.15, 0.2) is 0 Å². The molecule has 0 spiro atoms. The zero-order valence-electron chi connectivity index (χ0n) is 15.4. The van der Waals surface area contributed by atoms with Crippen molar-refractivity contribution in [2.45, 2.75) is 31.7 Å². The van der Waals surface area contributed by atoms with Gasteiger partial charge in [0.2, 0.25) is 0 Å². The van der Waals surface area contributed by atoms with Gasteiger partial charge >= 0.3 is 6.03 Å². The van der Waals surface area contributed by atoms with E-state index < -0.39 is 0 Å². The van der Waals surface area contributed by atoms with Gasteiger partial charge in [0, 0.05) is 49.8 Å². The third kappa shape index (κ3) is 3.97. The Morgan fingerprint density at radius 2 is 1.74 bits per heavy atom. The largest absolute Gasteiger partial charge is 0.339 e. The van der Waals surface area contributed by atoms with Crippen molar-refractivity contribution in [3.63, 3.8) is 0 Å². The Kier molecular flexibility index (Phi) is 5.09. The minimum Gasteiger partial charge on any atom is -0.339 e. The maximum absolute atomic E-state index is 12.6. The number of carbonyl (C=O) groups excluding carboxylic acids is 2. The van der Waals surface area contributed by atoms with Crippen molar-refractivity contribution in [1.29, 1.82) is 0 Å². The second-order valence-corrected chi connectivity index (χ2v) is 7.26. The van der Waals surface area contributed by atoms with E-state index >= 15 is 0 Å². The van der Waals surface area contributed by atoms with Crippen molar-refractivity contribution in [3.05, 3.63) is 48.5 Å². The zero-order chi connectivity index (χ0) is 18.6. The maximum Gasteiger partial charge on any atom is 0.321 e. The Labute approximate surface area is 159 Å². The molecule has 2 aromatic rings. The van der Waals surface area contributed by atoms with Crippen molar-refractivity contribution in [3.8, 4) is 0 Å². The molecule has 2 aliphatic heterocycles. The average molecular weight is 367 g/mol. The van der Waals surface area contributed by atoms with Crippen LogP contribution in [0.3, 0.4) is 0 Å². The van der Waals surface area contributed by atoms with Gasteiger partial charge in [-0.1, -0.05) is 0 Å². The van der Waals surface area contributed by atoms with Gasteiger partial charge in [0.1, 0.15) is 0 Å². The molecule has 3 heterocycles. The lowest BCUT2D eigenvalue weighted by Gasteiger charge is -2.33. The van der Waals surface area contributed by atoms with Crippen LogP contribution < -0.4 is 5.32 Å². The van der Waals surface area contributed by atoms with E-state index in [0.29, 0.717) is 17.8 Å². The summed E-state index contributed by atoms with van der Waals surface area (Å²) in [4.78, 5) is 32.9. The second-order valence-electron chi connectivity index (χ2n) is 7.26. The third-order valence-corrected chi connectivity index (χ3v) is 5.41. The van der Waals surface area contributed by atoms with Gasteiger partial charge in [-0.2, -0.15) is 0 Å². The number of imidazole rings is 1. The van der Waals surface area contributed by atoms with Crippen LogP contribution in [-0.4, -0.2) is 57.5 Å². The molecule has 4 rings (SSSR count). The van der Waals surface area contributed by atoms with E-state index in [2.05, 4.69) is 14.9 Å². The molecule has 1 aromatic heterocycles. The lowest BCUT2D eigenvalue weighted by Crippen LogP contribution is -2.42. The monoisotopic (exact) mass is 367 g/mol. The zero-order valence-corrected chi connectivity index (χ0v) is 15.4. The van der Waals surface area contributed by atoms with Gasteiger partial charge in [0.25, 0.3) is 5.91 Å². The molecule has 2 fully saturated rings. The van der Waals surface area contributed by atoms with Gasteiger partial charge < -0.3 is 19.7 Å². The standard InChI is InChI=1S/C20H25N5O2/c26-19(23-10-1-2-11-23)16-5-7-17(8-6-16)22-20(27)24-12-3-4-18(14-24)25-13-9-21-15-25/h5-9,13,15,18H,1-4,10-12,14H2,(H,22,27). The first-order chi connectivity index (χ1) is 13.2. The molecular formula is C20H25N5O2. The number of aromatic nitrogens is 2. The highest BCUT2D eigenvalue weighted by Crippen LogP contribution is 2.22. The molecule has 3 amide bonds. The number of hydrogen-bond donors (Lipinski definition) is 1. The van der Waals surface area contributed by atoms with Crippen molar-refractivity contribution in [2.24, 2.45) is 0 Å². The van der Waals surface area contributed by atoms with Crippen LogP contribution in [0.25, 0.3) is 0 Å². The fourth-order valence-corrected chi connectivity index (χ4v) is 3.87. The molecule has 0 radical (unpaired) electrons. The number of nitrogens with one attached hydrogen (secondary N) is 1. The number of urea groups is 1. The lowest BCUT2D eigenvalue weighted by atomic mass is 10.1. The summed E-state index contributed by atoms with van der Waals surface area (Å²) in [6, 6.07) is 7.37. The Balaban J connectivity index is 1.35. The number of nitrogens with zero attached hydrogens (tertiary/aromatic N) is 4. The van der Waals surface area contributed by atoms with Crippen molar-refractivity contribution in [1.82, 2.24) is 19.4 Å². The molecular weight excluding hydrogens is 342 g/mol. The van der Waals surface area contributed by atoms with Crippen LogP contribution in [0.4, 0.5) is 10.5 Å². The first-order valence-electron chi connectivity index (χ1n) is 9.63. The summed E-state index contributed by atoms with van der Waals surface area (Å²) in [7, 11) is 0. The van der Waals surface area contributed by atoms with E-state index in [1.54, 1.807) is 30.5 Å². The molecule has 2 saturated heterocycles. The summed E-state index contributed by atoms with van der Waals surface area (Å²) < 4.78 is 2.07. The van der Waals surface area contributed by atoms with E-state index in [-0.39, 0.29) is 18.0 Å². The highest BCUT2D eigenvalue weighted by atomic mass is 16.2. The number of rotatable bonds is 3. The quantitative estimate of drug-likeness (QED) is 0.907. The van der Waals surface area contributed by atoms with Crippen LogP contribution in [0.1, 0.15) is 42.1 Å². The summed E-state index contributed by atoms with van der Waals surface area (Å²) in [5, 5.41) is 2.95. The molecule has 0 aliphatic carbocycles. The number of likely N-dealkylation sites (tertiary alicyclic amines) is 2. The molecule has 1 N–H and O–H groups in total. The SMILES string of the molecule is O=C(Nc1ccc(C(=O)N2CCCC2)cc1)N1CCCC(n2ccnc2)C1. The van der Waals surface area contributed by atoms with Gasteiger partial charge in [-0.3, -0.25) is 4.79 Å². The Hall–Kier alpha value is -2.83. The van der Waals surface area contributed by atoms with Gasteiger partial charge in [-0.25, -0.2) is 9.78 Å². The topological polar surface area (TPSA) is 70.5 Å². The smallest absolute Gasteiger partial charge is 0.321 e. The fourth-order valence-electron chi connectivity index (χ4n) is 3.87. The van der Waals surface area contributed by atoms with E-state index in [1.165, 1.54) is 0 Å². The molecule has 1 aromatic carbocycles. The summed E-state index contributed by atoms with van der Waals surface area (Å²) in [6.07, 6.45) is 9.70. The summed E-state index contributed by atoms with van der Waals surface area (Å²) in [6.45, 7) is 3.10. The Bertz CT molecular complexity index is 781. The number of piperidine rings is 1. The van der Waals surface area contributed by atoms with Crippen molar-refractivity contribution >= 4 is 17.6 Å². The fraction of sp³-hybridized carbons (Fsp3) is 0.450. The number of carbonyl (C=O) groups is 2. The molecule has 7 nitrogen and oxygen atoms in total. The molecule has 142 valence electrons. The minimum atomic E-state index is -0.0987. The van der Waals surface area contributed by atoms with Crippen LogP contribution in [-0.2, 0) is 0 Å². The summed E-state index contributed by atoms with van der Waals surface area (Å²) in [5.41, 5.74) is 1.38. The van der Waals surface area contributed by atoms with E-state index in [1.807, 2.05) is 22.3 Å². The van der Waals surface area contributed by atoms with Crippen LogP contribution in [0.2, 0.25) is 0 Å². The highest BCUT2D eigenvalue weighted by molar-refractivity contribution is 5.95. The molecule has 7 heteroatoms. The Morgan fingerprint density at radius 1 is 1.00 bits per heavy atom. The van der Waals surface area contributed by atoms with Gasteiger partial charge in [0.05, 0.1) is 12.4 Å². The number of benzene rings is 1. The highest BCUT2D eigenvalue weighted by Gasteiger charge is 2.25. The molecule has 1 atom stereocenters. The van der Waals surface area contributed by atoms with E-state index in [9.17, 15) is 9.59 Å². The molecule has 2 aliphatic rings. The van der Waals surface area contributed by atoms with Crippen LogP contribution in [0.15, 0.2) is 43.0 Å². The van der Waals surface area contributed by atoms with Gasteiger partial charge in [-0.05, 0) is 49.9 Å². The summed E-state index contributed by atoms with van der Waals surface area (Å²) in [5.74, 6) is 0.0737. The normalized spacial score (nSPS) is 19.9. The second kappa shape index (κ2) is 7.82. The Morgan fingerprint density at radius 3 is 2.44 bits per heavy atom. The average Bonchev–Trinajstić information content (AvgIpc) is 3.42. The first-order valence-corrected chi connectivity index (χ1v) is 9.63. The van der Waals surface area contributed by atoms with E-state index in [0.717, 1.165) is 45.3 Å². The number of hydrogen-bond acceptors (Lipinski definition) is 3. The third-order valence-electron chi connectivity index (χ3n) is 5.41. The maximum atomic E-state index is 12.6. The molecule has 1 unspecified atom stereocenters. The molecule has 0 saturated carbocycles. The van der Waals surface area contributed by atoms with Crippen molar-refractivity contribution < 1.29 is 9.59 Å². The van der Waals surface area contributed by atoms with Crippen LogP contribution in [0, 0.1) is 0 Å². The summed E-state index contributed by atoms with van der Waals surface area (Å²) >= 11 is 0. The van der Waals surface area contributed by atoms with Crippen molar-refractivity contribution in [2.75, 3.05) is 31.5 Å². The predicted octanol–water partition coefficient (Wildman–Crippen LogP) is 2.99. The molecule has 0 bridgehead atoms. The van der Waals surface area contributed by atoms with Crippen LogP contribution >= 0.6 is 0 Å². The first kappa shape index (κ1) is 17.6. The number of anilines is 1. The lowest BCUT2D eigenvalue weighted by molar-refractivity contribution is 0.0793. The van der Waals surface area contributed by atoms with Gasteiger partial charge in [-0.15, -0.1) is 0 Å². The van der Waals surface area contributed by atoms with Crippen LogP contribution in [0.5, 0.6) is 0 Å². The predicted molar refractivity (Wildman–Crippen MR) is 103 cm³/mol.